The second-order valence-electron chi connectivity index (χ2n) is 4.36. The molecule has 1 rings (SSSR count). The summed E-state index contributed by atoms with van der Waals surface area (Å²) in [5, 5.41) is 8.93. The van der Waals surface area contributed by atoms with E-state index in [1.165, 1.54) is 6.92 Å². The molecule has 82 valence electrons. The first-order valence-corrected chi connectivity index (χ1v) is 4.68. The molecule has 1 N–H and O–H groups in total. The van der Waals surface area contributed by atoms with Gasteiger partial charge in [-0.05, 0) is 5.41 Å². The average Bonchev–Trinajstić information content (AvgIpc) is 2.64. The molecule has 0 aliphatic heterocycles. The van der Waals surface area contributed by atoms with Crippen molar-refractivity contribution >= 4 is 11.9 Å². The van der Waals surface area contributed by atoms with Crippen LogP contribution in [0.2, 0.25) is 0 Å². The highest BCUT2D eigenvalue weighted by molar-refractivity contribution is 5.76. The van der Waals surface area contributed by atoms with Gasteiger partial charge >= 0.3 is 11.9 Å². The van der Waals surface area contributed by atoms with Crippen LogP contribution >= 0.6 is 0 Å². The van der Waals surface area contributed by atoms with Gasteiger partial charge < -0.3 is 9.84 Å². The Balaban J connectivity index is 2.77. The normalized spacial score (nSPS) is 28.7. The zero-order valence-corrected chi connectivity index (χ0v) is 8.98. The smallest absolute Gasteiger partial charge is 0.307 e. The van der Waals surface area contributed by atoms with Crippen LogP contribution in [0.1, 0.15) is 20.8 Å². The number of terminal acetylenes is 1. The van der Waals surface area contributed by atoms with E-state index >= 15 is 0 Å². The number of aliphatic carboxylic acids is 1. The molecule has 0 aromatic heterocycles. The summed E-state index contributed by atoms with van der Waals surface area (Å²) in [7, 11) is 0. The number of hydrogen-bond donors (Lipinski definition) is 1. The minimum absolute atomic E-state index is 0.288. The maximum absolute atomic E-state index is 10.9. The minimum atomic E-state index is -0.891. The second-order valence-corrected chi connectivity index (χ2v) is 4.36. The summed E-state index contributed by atoms with van der Waals surface area (Å²) in [6.45, 7) is 4.88. The van der Waals surface area contributed by atoms with Gasteiger partial charge in [-0.15, -0.1) is 6.42 Å². The predicted octanol–water partition coefficient (Wildman–Crippen LogP) is 0.908. The van der Waals surface area contributed by atoms with Crippen LogP contribution in [0.4, 0.5) is 0 Å². The Morgan fingerprint density at radius 2 is 2.07 bits per heavy atom. The maximum atomic E-state index is 10.9. The Labute approximate surface area is 88.6 Å². The van der Waals surface area contributed by atoms with E-state index < -0.39 is 29.4 Å². The summed E-state index contributed by atoms with van der Waals surface area (Å²) in [5.74, 6) is 0.139. The summed E-state index contributed by atoms with van der Waals surface area (Å²) in [6, 6.07) is 0. The Morgan fingerprint density at radius 3 is 2.33 bits per heavy atom. The van der Waals surface area contributed by atoms with Crippen LogP contribution in [-0.2, 0) is 14.3 Å². The fraction of sp³-hybridized carbons (Fsp3) is 0.636. The van der Waals surface area contributed by atoms with Gasteiger partial charge in [-0.2, -0.15) is 0 Å². The van der Waals surface area contributed by atoms with E-state index in [0.717, 1.165) is 0 Å². The van der Waals surface area contributed by atoms with Gasteiger partial charge in [-0.3, -0.25) is 9.59 Å². The van der Waals surface area contributed by atoms with Gasteiger partial charge in [-0.25, -0.2) is 0 Å². The molecule has 0 aromatic rings. The number of carbonyl (C=O) groups is 2. The molecule has 3 unspecified atom stereocenters. The standard InChI is InChI=1S/C11H14O4/c1-5-7(15-6(2)12)8-9(10(13)14)11(8,3)4/h1,7-9H,2-4H3,(H,13,14). The molecule has 4 heteroatoms. The minimum Gasteiger partial charge on any atom is -0.481 e. The fourth-order valence-electron chi connectivity index (χ4n) is 2.10. The summed E-state index contributed by atoms with van der Waals surface area (Å²) < 4.78 is 4.90. The van der Waals surface area contributed by atoms with Crippen LogP contribution in [0, 0.1) is 29.6 Å². The third kappa shape index (κ3) is 1.96. The van der Waals surface area contributed by atoms with Crippen molar-refractivity contribution < 1.29 is 19.4 Å². The summed E-state index contributed by atoms with van der Waals surface area (Å²) in [5.41, 5.74) is -0.404. The number of carboxylic acids is 1. The summed E-state index contributed by atoms with van der Waals surface area (Å²) >= 11 is 0. The molecule has 0 spiro atoms. The first-order valence-electron chi connectivity index (χ1n) is 4.68. The molecule has 0 aromatic carbocycles. The van der Waals surface area contributed by atoms with Crippen LogP contribution in [-0.4, -0.2) is 23.1 Å². The lowest BCUT2D eigenvalue weighted by Crippen LogP contribution is -2.19. The predicted molar refractivity (Wildman–Crippen MR) is 52.8 cm³/mol. The number of hydrogen-bond acceptors (Lipinski definition) is 3. The van der Waals surface area contributed by atoms with Crippen molar-refractivity contribution in [1.82, 2.24) is 0 Å². The lowest BCUT2D eigenvalue weighted by molar-refractivity contribution is -0.146. The number of carbonyl (C=O) groups excluding carboxylic acids is 1. The zero-order chi connectivity index (χ0) is 11.8. The van der Waals surface area contributed by atoms with Crippen molar-refractivity contribution in [2.45, 2.75) is 26.9 Å². The van der Waals surface area contributed by atoms with Crippen molar-refractivity contribution in [2.75, 3.05) is 0 Å². The highest BCUT2D eigenvalue weighted by atomic mass is 16.5. The molecule has 1 saturated carbocycles. The van der Waals surface area contributed by atoms with Crippen LogP contribution < -0.4 is 0 Å². The molecule has 1 fully saturated rings. The Hall–Kier alpha value is -1.50. The number of esters is 1. The van der Waals surface area contributed by atoms with Crippen LogP contribution in [0.3, 0.4) is 0 Å². The Bertz CT molecular complexity index is 337. The summed E-state index contributed by atoms with van der Waals surface area (Å²) in [4.78, 5) is 21.7. The Morgan fingerprint density at radius 1 is 1.53 bits per heavy atom. The van der Waals surface area contributed by atoms with Gasteiger partial charge in [0.15, 0.2) is 6.10 Å². The topological polar surface area (TPSA) is 63.6 Å². The molecule has 1 aliphatic carbocycles. The third-order valence-corrected chi connectivity index (χ3v) is 2.96. The monoisotopic (exact) mass is 210 g/mol. The Kier molecular flexibility index (Phi) is 2.76. The summed E-state index contributed by atoms with van der Waals surface area (Å²) in [6.07, 6.45) is 4.49. The van der Waals surface area contributed by atoms with E-state index in [2.05, 4.69) is 5.92 Å². The molecule has 15 heavy (non-hydrogen) atoms. The van der Waals surface area contributed by atoms with Gasteiger partial charge in [0.25, 0.3) is 0 Å². The zero-order valence-electron chi connectivity index (χ0n) is 8.98. The second kappa shape index (κ2) is 3.58. The van der Waals surface area contributed by atoms with Gasteiger partial charge in [-0.1, -0.05) is 19.8 Å². The molecular formula is C11H14O4. The number of ether oxygens (including phenoxy) is 1. The van der Waals surface area contributed by atoms with Crippen molar-refractivity contribution in [3.05, 3.63) is 0 Å². The molecule has 4 nitrogen and oxygen atoms in total. The quantitative estimate of drug-likeness (QED) is 0.555. The first-order chi connectivity index (χ1) is 6.82. The molecule has 1 aliphatic rings. The lowest BCUT2D eigenvalue weighted by atomic mass is 10.1. The van der Waals surface area contributed by atoms with Crippen molar-refractivity contribution in [1.29, 1.82) is 0 Å². The van der Waals surface area contributed by atoms with Crippen LogP contribution in [0.15, 0.2) is 0 Å². The van der Waals surface area contributed by atoms with Gasteiger partial charge in [0.2, 0.25) is 0 Å². The molecule has 0 heterocycles. The van der Waals surface area contributed by atoms with E-state index in [-0.39, 0.29) is 5.92 Å². The average molecular weight is 210 g/mol. The first kappa shape index (κ1) is 11.6. The van der Waals surface area contributed by atoms with Crippen LogP contribution in [0.5, 0.6) is 0 Å². The molecule has 0 amide bonds. The molecular weight excluding hydrogens is 196 g/mol. The highest BCUT2D eigenvalue weighted by Gasteiger charge is 2.66. The van der Waals surface area contributed by atoms with E-state index in [9.17, 15) is 9.59 Å². The van der Waals surface area contributed by atoms with Crippen molar-refractivity contribution in [3.8, 4) is 12.3 Å². The van der Waals surface area contributed by atoms with Crippen LogP contribution in [0.25, 0.3) is 0 Å². The van der Waals surface area contributed by atoms with Gasteiger partial charge in [0.05, 0.1) is 5.92 Å². The van der Waals surface area contributed by atoms with E-state index in [0.29, 0.717) is 0 Å². The van der Waals surface area contributed by atoms with E-state index in [4.69, 9.17) is 16.3 Å². The maximum Gasteiger partial charge on any atom is 0.307 e. The lowest BCUT2D eigenvalue weighted by Gasteiger charge is -2.11. The van der Waals surface area contributed by atoms with E-state index in [1.54, 1.807) is 0 Å². The van der Waals surface area contributed by atoms with Gasteiger partial charge in [0.1, 0.15) is 0 Å². The van der Waals surface area contributed by atoms with Crippen molar-refractivity contribution in [3.63, 3.8) is 0 Å². The molecule has 3 atom stereocenters. The number of carboxylic acid groups (broad SMARTS) is 1. The molecule has 0 bridgehead atoms. The van der Waals surface area contributed by atoms with E-state index in [1.807, 2.05) is 13.8 Å². The largest absolute Gasteiger partial charge is 0.481 e. The molecule has 0 radical (unpaired) electrons. The highest BCUT2D eigenvalue weighted by Crippen LogP contribution is 2.60. The van der Waals surface area contributed by atoms with Crippen molar-refractivity contribution in [2.24, 2.45) is 17.3 Å². The third-order valence-electron chi connectivity index (χ3n) is 2.96. The fourth-order valence-corrected chi connectivity index (χ4v) is 2.10. The van der Waals surface area contributed by atoms with Gasteiger partial charge in [0, 0.05) is 12.8 Å². The SMILES string of the molecule is C#CC(OC(C)=O)C1C(C(=O)O)C1(C)C. The molecule has 0 saturated heterocycles. The number of rotatable bonds is 3.